The van der Waals surface area contributed by atoms with Gasteiger partial charge in [0.05, 0.1) is 6.61 Å². The summed E-state index contributed by atoms with van der Waals surface area (Å²) in [5.41, 5.74) is 0. The molecule has 53 heavy (non-hydrogen) atoms. The highest BCUT2D eigenvalue weighted by molar-refractivity contribution is 7.85. The minimum atomic E-state index is -4.60. The molecule has 13 heteroatoms. The number of ether oxygens (including phenoxy) is 4. The van der Waals surface area contributed by atoms with Gasteiger partial charge in [0.2, 0.25) is 0 Å². The van der Waals surface area contributed by atoms with Gasteiger partial charge in [0.1, 0.15) is 36.8 Å². The second-order valence-corrected chi connectivity index (χ2v) is 15.9. The molecule has 0 aromatic rings. The second-order valence-electron chi connectivity index (χ2n) is 14.4. The van der Waals surface area contributed by atoms with Gasteiger partial charge in [-0.05, 0) is 19.3 Å². The SMILES string of the molecule is CCCCCCCCCCCCC/C=C/C=C/C(=O)OC[C@H](CO[C@H]1O[C@H](CS(=O)(=O)O)[C@@H](O)C(O)C1O)OC(=O)CCCCCCCCCCCC. The van der Waals surface area contributed by atoms with Crippen molar-refractivity contribution in [3.8, 4) is 0 Å². The van der Waals surface area contributed by atoms with Crippen LogP contribution in [0.2, 0.25) is 0 Å². The minimum Gasteiger partial charge on any atom is -0.458 e. The van der Waals surface area contributed by atoms with Crippen LogP contribution in [0, 0.1) is 0 Å². The van der Waals surface area contributed by atoms with Crippen molar-refractivity contribution < 1.29 is 56.8 Å². The highest BCUT2D eigenvalue weighted by atomic mass is 32.2. The van der Waals surface area contributed by atoms with Gasteiger partial charge in [0.25, 0.3) is 10.1 Å². The van der Waals surface area contributed by atoms with Gasteiger partial charge in [-0.25, -0.2) is 4.79 Å². The molecule has 1 rings (SSSR count). The van der Waals surface area contributed by atoms with Crippen LogP contribution in [0.15, 0.2) is 24.3 Å². The lowest BCUT2D eigenvalue weighted by Crippen LogP contribution is -2.60. The van der Waals surface area contributed by atoms with Crippen molar-refractivity contribution in [1.29, 1.82) is 0 Å². The van der Waals surface area contributed by atoms with Crippen LogP contribution in [0.3, 0.4) is 0 Å². The number of carbonyl (C=O) groups excluding carboxylic acids is 2. The molecule has 6 atom stereocenters. The van der Waals surface area contributed by atoms with Crippen LogP contribution in [0.1, 0.15) is 162 Å². The molecule has 1 aliphatic rings. The summed E-state index contributed by atoms with van der Waals surface area (Å²) >= 11 is 0. The van der Waals surface area contributed by atoms with Crippen LogP contribution in [-0.2, 0) is 38.7 Å². The molecule has 1 heterocycles. The summed E-state index contributed by atoms with van der Waals surface area (Å²) in [6.45, 7) is 3.61. The Labute approximate surface area is 319 Å². The first-order valence-corrected chi connectivity index (χ1v) is 22.0. The normalized spacial score (nSPS) is 21.4. The van der Waals surface area contributed by atoms with E-state index in [1.54, 1.807) is 12.2 Å². The van der Waals surface area contributed by atoms with Crippen LogP contribution in [0.5, 0.6) is 0 Å². The fourth-order valence-electron chi connectivity index (χ4n) is 6.18. The number of aliphatic hydroxyl groups excluding tert-OH is 3. The summed E-state index contributed by atoms with van der Waals surface area (Å²) < 4.78 is 53.6. The summed E-state index contributed by atoms with van der Waals surface area (Å²) in [5, 5.41) is 30.7. The summed E-state index contributed by atoms with van der Waals surface area (Å²) in [6, 6.07) is 0. The average molecular weight is 777 g/mol. The third-order valence-electron chi connectivity index (χ3n) is 9.39. The van der Waals surface area contributed by atoms with Crippen LogP contribution in [0.25, 0.3) is 0 Å². The Bertz CT molecular complexity index is 1100. The predicted molar refractivity (Wildman–Crippen MR) is 206 cm³/mol. The van der Waals surface area contributed by atoms with E-state index in [2.05, 4.69) is 13.8 Å². The Balaban J connectivity index is 2.54. The quantitative estimate of drug-likeness (QED) is 0.0172. The summed E-state index contributed by atoms with van der Waals surface area (Å²) in [4.78, 5) is 25.1. The number of esters is 2. The molecule has 0 spiro atoms. The Hall–Kier alpha value is -1.87. The zero-order chi connectivity index (χ0) is 39.2. The van der Waals surface area contributed by atoms with E-state index in [-0.39, 0.29) is 13.0 Å². The smallest absolute Gasteiger partial charge is 0.330 e. The molecule has 0 saturated carbocycles. The number of aliphatic hydroxyl groups is 3. The monoisotopic (exact) mass is 776 g/mol. The first-order valence-electron chi connectivity index (χ1n) is 20.4. The maximum atomic E-state index is 12.7. The molecule has 12 nitrogen and oxygen atoms in total. The van der Waals surface area contributed by atoms with E-state index in [1.807, 2.05) is 6.08 Å². The summed E-state index contributed by atoms with van der Waals surface area (Å²) in [6.07, 6.45) is 23.0. The van der Waals surface area contributed by atoms with E-state index in [9.17, 15) is 37.9 Å². The standard InChI is InChI=1S/C40H72O12S/c1-3-5-7-9-11-13-15-16-17-18-19-21-22-24-26-28-35(41)49-30-33(51-36(42)29-27-25-23-20-14-12-10-8-6-4-2)31-50-40-39(45)38(44)37(43)34(52-40)32-53(46,47)48/h22,24,26,28,33-34,37-40,43-45H,3-21,23,25,27,29-32H2,1-2H3,(H,46,47,48)/b24-22+,28-26+/t33-,34-,37-,38?,39?,40+/m1/s1. The molecular formula is C40H72O12S. The lowest BCUT2D eigenvalue weighted by molar-refractivity contribution is -0.297. The van der Waals surface area contributed by atoms with Gasteiger partial charge in [-0.2, -0.15) is 8.42 Å². The van der Waals surface area contributed by atoms with Crippen molar-refractivity contribution in [2.75, 3.05) is 19.0 Å². The van der Waals surface area contributed by atoms with E-state index in [0.29, 0.717) is 6.42 Å². The van der Waals surface area contributed by atoms with Gasteiger partial charge in [0.15, 0.2) is 12.4 Å². The third-order valence-corrected chi connectivity index (χ3v) is 10.1. The van der Waals surface area contributed by atoms with Gasteiger partial charge < -0.3 is 34.3 Å². The average Bonchev–Trinajstić information content (AvgIpc) is 3.12. The van der Waals surface area contributed by atoms with Crippen molar-refractivity contribution in [2.45, 2.75) is 198 Å². The van der Waals surface area contributed by atoms with E-state index >= 15 is 0 Å². The number of hydrogen-bond acceptors (Lipinski definition) is 11. The first-order chi connectivity index (χ1) is 25.5. The van der Waals surface area contributed by atoms with Crippen molar-refractivity contribution in [3.05, 3.63) is 24.3 Å². The number of rotatable bonds is 33. The highest BCUT2D eigenvalue weighted by Crippen LogP contribution is 2.24. The molecule has 1 aliphatic heterocycles. The Morgan fingerprint density at radius 3 is 1.72 bits per heavy atom. The minimum absolute atomic E-state index is 0.147. The molecule has 0 amide bonds. The molecular weight excluding hydrogens is 704 g/mol. The maximum Gasteiger partial charge on any atom is 0.330 e. The van der Waals surface area contributed by atoms with Crippen LogP contribution in [0.4, 0.5) is 0 Å². The molecule has 0 bridgehead atoms. The van der Waals surface area contributed by atoms with E-state index in [4.69, 9.17) is 18.9 Å². The Kier molecular flexibility index (Phi) is 29.1. The van der Waals surface area contributed by atoms with Crippen LogP contribution >= 0.6 is 0 Å². The van der Waals surface area contributed by atoms with Crippen molar-refractivity contribution >= 4 is 22.1 Å². The van der Waals surface area contributed by atoms with Crippen molar-refractivity contribution in [2.24, 2.45) is 0 Å². The first kappa shape index (κ1) is 49.1. The Morgan fingerprint density at radius 2 is 1.19 bits per heavy atom. The van der Waals surface area contributed by atoms with Gasteiger partial charge in [-0.15, -0.1) is 0 Å². The van der Waals surface area contributed by atoms with Crippen LogP contribution < -0.4 is 0 Å². The zero-order valence-corrected chi connectivity index (χ0v) is 33.4. The summed E-state index contributed by atoms with van der Waals surface area (Å²) in [7, 11) is -4.60. The number of hydrogen-bond donors (Lipinski definition) is 4. The fraction of sp³-hybridized carbons (Fsp3) is 0.850. The molecule has 310 valence electrons. The zero-order valence-electron chi connectivity index (χ0n) is 32.6. The number of unbranched alkanes of at least 4 members (excludes halogenated alkanes) is 20. The maximum absolute atomic E-state index is 12.7. The topological polar surface area (TPSA) is 186 Å². The van der Waals surface area contributed by atoms with Gasteiger partial charge in [0, 0.05) is 12.5 Å². The molecule has 0 aliphatic carbocycles. The largest absolute Gasteiger partial charge is 0.458 e. The van der Waals surface area contributed by atoms with Gasteiger partial charge >= 0.3 is 11.9 Å². The van der Waals surface area contributed by atoms with Gasteiger partial charge in [-0.1, -0.05) is 154 Å². The van der Waals surface area contributed by atoms with E-state index in [1.165, 1.54) is 109 Å². The van der Waals surface area contributed by atoms with Crippen molar-refractivity contribution in [1.82, 2.24) is 0 Å². The second kappa shape index (κ2) is 31.3. The molecule has 1 saturated heterocycles. The third kappa shape index (κ3) is 26.6. The lowest BCUT2D eigenvalue weighted by atomic mass is 10.00. The Morgan fingerprint density at radius 1 is 0.679 bits per heavy atom. The molecule has 0 aromatic carbocycles. The molecule has 0 aromatic heterocycles. The number of allylic oxidation sites excluding steroid dienone is 3. The van der Waals surface area contributed by atoms with Crippen LogP contribution in [-0.4, -0.2) is 96.0 Å². The van der Waals surface area contributed by atoms with E-state index < -0.39 is 71.2 Å². The lowest BCUT2D eigenvalue weighted by Gasteiger charge is -2.40. The molecule has 2 unspecified atom stereocenters. The summed E-state index contributed by atoms with van der Waals surface area (Å²) in [5.74, 6) is -2.24. The van der Waals surface area contributed by atoms with E-state index in [0.717, 1.165) is 32.1 Å². The van der Waals surface area contributed by atoms with Crippen molar-refractivity contribution in [3.63, 3.8) is 0 Å². The highest BCUT2D eigenvalue weighted by Gasteiger charge is 2.46. The number of carbonyl (C=O) groups is 2. The predicted octanol–water partition coefficient (Wildman–Crippen LogP) is 7.28. The molecule has 0 radical (unpaired) electrons. The molecule has 1 fully saturated rings. The fourth-order valence-corrected chi connectivity index (χ4v) is 6.87. The molecule has 4 N–H and O–H groups in total. The van der Waals surface area contributed by atoms with Gasteiger partial charge in [-0.3, -0.25) is 9.35 Å².